The first-order valence-corrected chi connectivity index (χ1v) is 11.6. The molecule has 4 N–H and O–H groups in total. The minimum absolute atomic E-state index is 0.0357. The van der Waals surface area contributed by atoms with Crippen molar-refractivity contribution >= 4 is 22.5 Å². The van der Waals surface area contributed by atoms with E-state index < -0.39 is 51.7 Å². The van der Waals surface area contributed by atoms with Crippen molar-refractivity contribution < 1.29 is 26.7 Å². The van der Waals surface area contributed by atoms with Crippen LogP contribution in [-0.2, 0) is 6.18 Å². The number of fused-ring (bicyclic) bond motifs is 2. The molecule has 0 unspecified atom stereocenters. The van der Waals surface area contributed by atoms with E-state index in [0.717, 1.165) is 26.0 Å². The number of nitrogens with zero attached hydrogens (tertiary/aromatic N) is 4. The van der Waals surface area contributed by atoms with E-state index in [0.29, 0.717) is 13.0 Å². The number of H-pyrrole nitrogens is 1. The summed E-state index contributed by atoms with van der Waals surface area (Å²) in [6.07, 6.45) is -4.05. The van der Waals surface area contributed by atoms with Crippen LogP contribution in [0.25, 0.3) is 22.3 Å². The topological polar surface area (TPSA) is 122 Å². The molecule has 2 saturated heterocycles. The molecule has 3 aromatic rings. The number of ether oxygens (including phenoxy) is 1. The summed E-state index contributed by atoms with van der Waals surface area (Å²) in [6, 6.07) is 0.705. The quantitative estimate of drug-likeness (QED) is 0.434. The standard InChI is InChI=1S/C23H24F5N7O2/c1-10-6-12(29)31-17(14(10)23(26,27)28)18-15(25)16-13(20(36)32-18)19(30-2)34-21(33-16)37-9-22-4-3-5-35(22)8-11(24)7-22/h6,11H,3-5,7-9H2,1-2H3,(H2,29,31)(H,32,36)(H,30,33,34)/t11-,22+/m1/s1. The van der Waals surface area contributed by atoms with Crippen LogP contribution in [0.4, 0.5) is 33.6 Å². The maximum Gasteiger partial charge on any atom is 0.418 e. The molecule has 2 aliphatic heterocycles. The summed E-state index contributed by atoms with van der Waals surface area (Å²) in [5, 5.41) is 2.36. The summed E-state index contributed by atoms with van der Waals surface area (Å²) in [7, 11) is 1.43. The Bertz CT molecular complexity index is 1440. The van der Waals surface area contributed by atoms with Crippen molar-refractivity contribution in [3.8, 4) is 17.4 Å². The molecule has 37 heavy (non-hydrogen) atoms. The Labute approximate surface area is 207 Å². The molecule has 0 bridgehead atoms. The highest BCUT2D eigenvalue weighted by Crippen LogP contribution is 2.41. The van der Waals surface area contributed by atoms with E-state index in [1.165, 1.54) is 7.05 Å². The van der Waals surface area contributed by atoms with Gasteiger partial charge >= 0.3 is 12.2 Å². The maximum atomic E-state index is 15.8. The van der Waals surface area contributed by atoms with Gasteiger partial charge < -0.3 is 20.8 Å². The van der Waals surface area contributed by atoms with E-state index in [4.69, 9.17) is 10.5 Å². The van der Waals surface area contributed by atoms with Gasteiger partial charge in [-0.2, -0.15) is 23.1 Å². The lowest BCUT2D eigenvalue weighted by Crippen LogP contribution is -2.43. The highest BCUT2D eigenvalue weighted by atomic mass is 19.4. The first-order valence-electron chi connectivity index (χ1n) is 11.6. The van der Waals surface area contributed by atoms with Gasteiger partial charge in [-0.1, -0.05) is 0 Å². The van der Waals surface area contributed by atoms with Crippen molar-refractivity contribution in [2.45, 2.75) is 44.1 Å². The predicted molar refractivity (Wildman–Crippen MR) is 126 cm³/mol. The number of pyridine rings is 2. The van der Waals surface area contributed by atoms with E-state index in [9.17, 15) is 22.4 Å². The van der Waals surface area contributed by atoms with Gasteiger partial charge in [0.15, 0.2) is 5.82 Å². The normalized spacial score (nSPS) is 22.0. The fourth-order valence-electron chi connectivity index (χ4n) is 5.46. The van der Waals surface area contributed by atoms with E-state index >= 15 is 4.39 Å². The number of halogens is 5. The minimum atomic E-state index is -4.91. The van der Waals surface area contributed by atoms with E-state index in [1.54, 1.807) is 0 Å². The summed E-state index contributed by atoms with van der Waals surface area (Å²) in [6.45, 7) is 2.22. The Kier molecular flexibility index (Phi) is 5.96. The highest BCUT2D eigenvalue weighted by molar-refractivity contribution is 5.91. The molecule has 5 rings (SSSR count). The van der Waals surface area contributed by atoms with Crippen LogP contribution in [0.5, 0.6) is 6.01 Å². The van der Waals surface area contributed by atoms with Crippen LogP contribution in [-0.4, -0.2) is 63.3 Å². The fraction of sp³-hybridized carbons (Fsp3) is 0.478. The lowest BCUT2D eigenvalue weighted by Gasteiger charge is -2.30. The Morgan fingerprint density at radius 3 is 2.78 bits per heavy atom. The third-order valence-electron chi connectivity index (χ3n) is 7.01. The molecule has 0 radical (unpaired) electrons. The van der Waals surface area contributed by atoms with Crippen LogP contribution < -0.4 is 21.3 Å². The van der Waals surface area contributed by atoms with Crippen LogP contribution >= 0.6 is 0 Å². The number of aromatic nitrogens is 4. The third kappa shape index (κ3) is 4.22. The van der Waals surface area contributed by atoms with Gasteiger partial charge in [0.25, 0.3) is 5.56 Å². The van der Waals surface area contributed by atoms with Crippen molar-refractivity contribution in [1.82, 2.24) is 24.8 Å². The molecule has 2 atom stereocenters. The van der Waals surface area contributed by atoms with Crippen LogP contribution in [0.3, 0.4) is 0 Å². The monoisotopic (exact) mass is 525 g/mol. The predicted octanol–water partition coefficient (Wildman–Crippen LogP) is 3.43. The molecule has 2 aliphatic rings. The summed E-state index contributed by atoms with van der Waals surface area (Å²) in [5.41, 5.74) is 0.405. The molecule has 2 fully saturated rings. The lowest BCUT2D eigenvalue weighted by atomic mass is 9.95. The summed E-state index contributed by atoms with van der Waals surface area (Å²) < 4.78 is 77.3. The summed E-state index contributed by atoms with van der Waals surface area (Å²) >= 11 is 0. The first kappa shape index (κ1) is 25.1. The third-order valence-corrected chi connectivity index (χ3v) is 7.01. The molecule has 198 valence electrons. The van der Waals surface area contributed by atoms with Crippen LogP contribution in [0, 0.1) is 12.7 Å². The number of alkyl halides is 4. The molecule has 0 aromatic carbocycles. The number of nitrogens with one attached hydrogen (secondary N) is 2. The van der Waals surface area contributed by atoms with Crippen LogP contribution in [0.1, 0.15) is 30.4 Å². The second-order valence-corrected chi connectivity index (χ2v) is 9.42. The van der Waals surface area contributed by atoms with Gasteiger partial charge in [-0.15, -0.1) is 0 Å². The van der Waals surface area contributed by atoms with E-state index in [1.807, 2.05) is 4.90 Å². The van der Waals surface area contributed by atoms with Gasteiger partial charge in [-0.25, -0.2) is 13.8 Å². The van der Waals surface area contributed by atoms with Crippen molar-refractivity contribution in [2.75, 3.05) is 37.8 Å². The second kappa shape index (κ2) is 8.78. The van der Waals surface area contributed by atoms with Gasteiger partial charge in [0.05, 0.1) is 11.1 Å². The molecular formula is C23H24F5N7O2. The lowest BCUT2D eigenvalue weighted by molar-refractivity contribution is -0.137. The van der Waals surface area contributed by atoms with Gasteiger partial charge in [-0.3, -0.25) is 9.69 Å². The summed E-state index contributed by atoms with van der Waals surface area (Å²) in [5.74, 6) is -1.63. The highest BCUT2D eigenvalue weighted by Gasteiger charge is 2.49. The van der Waals surface area contributed by atoms with Crippen LogP contribution in [0.2, 0.25) is 0 Å². The SMILES string of the molecule is CNc1nc(OC[C@@]23CCCN2C[C@H](F)C3)nc2c(F)c(-c3nc(N)cc(C)c3C(F)(F)F)[nH]c(=O)c12. The van der Waals surface area contributed by atoms with Crippen molar-refractivity contribution in [3.63, 3.8) is 0 Å². The van der Waals surface area contributed by atoms with E-state index in [2.05, 4.69) is 25.3 Å². The molecule has 0 amide bonds. The fourth-order valence-corrected chi connectivity index (χ4v) is 5.46. The number of nitrogens with two attached hydrogens (primary N) is 1. The zero-order valence-electron chi connectivity index (χ0n) is 20.0. The number of rotatable bonds is 5. The van der Waals surface area contributed by atoms with Crippen molar-refractivity contribution in [3.05, 3.63) is 33.4 Å². The minimum Gasteiger partial charge on any atom is -0.461 e. The average molecular weight is 525 g/mol. The number of anilines is 2. The van der Waals surface area contributed by atoms with E-state index in [-0.39, 0.29) is 41.6 Å². The average Bonchev–Trinajstić information content (AvgIpc) is 3.33. The van der Waals surface area contributed by atoms with Gasteiger partial charge in [0, 0.05) is 20.0 Å². The molecule has 5 heterocycles. The Hall–Kier alpha value is -3.55. The zero-order valence-corrected chi connectivity index (χ0v) is 20.0. The number of hydrogen-bond acceptors (Lipinski definition) is 8. The Morgan fingerprint density at radius 1 is 1.32 bits per heavy atom. The van der Waals surface area contributed by atoms with Crippen molar-refractivity contribution in [1.29, 1.82) is 0 Å². The molecule has 0 saturated carbocycles. The largest absolute Gasteiger partial charge is 0.461 e. The Balaban J connectivity index is 1.63. The molecular weight excluding hydrogens is 501 g/mol. The van der Waals surface area contributed by atoms with Crippen LogP contribution in [0.15, 0.2) is 10.9 Å². The van der Waals surface area contributed by atoms with Gasteiger partial charge in [0.2, 0.25) is 0 Å². The summed E-state index contributed by atoms with van der Waals surface area (Å²) in [4.78, 5) is 29.0. The second-order valence-electron chi connectivity index (χ2n) is 9.42. The number of aromatic amines is 1. The molecule has 14 heteroatoms. The number of nitrogen functional groups attached to an aromatic ring is 1. The smallest absolute Gasteiger partial charge is 0.418 e. The number of aryl methyl sites for hydroxylation is 1. The zero-order chi connectivity index (χ0) is 26.7. The van der Waals surface area contributed by atoms with Crippen molar-refractivity contribution in [2.24, 2.45) is 0 Å². The first-order chi connectivity index (χ1) is 17.4. The molecule has 0 aliphatic carbocycles. The molecule has 0 spiro atoms. The van der Waals surface area contributed by atoms with Gasteiger partial charge in [-0.05, 0) is 37.9 Å². The molecule has 9 nitrogen and oxygen atoms in total. The number of hydrogen-bond donors (Lipinski definition) is 3. The maximum absolute atomic E-state index is 15.8. The van der Waals surface area contributed by atoms with Gasteiger partial charge in [0.1, 0.15) is 46.7 Å². The molecule has 3 aromatic heterocycles. The Morgan fingerprint density at radius 2 is 2.08 bits per heavy atom.